The lowest BCUT2D eigenvalue weighted by Crippen LogP contribution is -2.25. The fourth-order valence-electron chi connectivity index (χ4n) is 2.40. The number of rotatable bonds is 3. The van der Waals surface area contributed by atoms with E-state index in [0.717, 1.165) is 17.4 Å². The summed E-state index contributed by atoms with van der Waals surface area (Å²) in [6.45, 7) is 8.55. The molecule has 0 N–H and O–H groups in total. The van der Waals surface area contributed by atoms with Gasteiger partial charge < -0.3 is 4.79 Å². The van der Waals surface area contributed by atoms with Gasteiger partial charge in [0.2, 0.25) is 0 Å². The SMILES string of the molecule is CC(C)(C)c1ccc(C(C)(C=O)c2ccccc2)cc1. The van der Waals surface area contributed by atoms with Gasteiger partial charge in [0.1, 0.15) is 6.29 Å². The molecule has 0 saturated heterocycles. The monoisotopic (exact) mass is 266 g/mol. The predicted octanol–water partition coefficient (Wildman–Crippen LogP) is 4.49. The molecule has 0 heterocycles. The molecule has 0 radical (unpaired) electrons. The zero-order chi connectivity index (χ0) is 14.8. The third-order valence-electron chi connectivity index (χ3n) is 3.96. The lowest BCUT2D eigenvalue weighted by molar-refractivity contribution is -0.110. The van der Waals surface area contributed by atoms with Gasteiger partial charge in [-0.15, -0.1) is 0 Å². The second kappa shape index (κ2) is 5.24. The van der Waals surface area contributed by atoms with E-state index in [2.05, 4.69) is 45.0 Å². The fourth-order valence-corrected chi connectivity index (χ4v) is 2.40. The maximum Gasteiger partial charge on any atom is 0.134 e. The minimum absolute atomic E-state index is 0.128. The Morgan fingerprint density at radius 2 is 1.15 bits per heavy atom. The quantitative estimate of drug-likeness (QED) is 0.748. The Kier molecular flexibility index (Phi) is 3.80. The van der Waals surface area contributed by atoms with E-state index >= 15 is 0 Å². The van der Waals surface area contributed by atoms with Crippen molar-refractivity contribution in [3.8, 4) is 0 Å². The molecule has 0 bridgehead atoms. The minimum atomic E-state index is -0.586. The van der Waals surface area contributed by atoms with Gasteiger partial charge in [-0.25, -0.2) is 0 Å². The average molecular weight is 266 g/mol. The van der Waals surface area contributed by atoms with E-state index in [9.17, 15) is 4.79 Å². The third-order valence-corrected chi connectivity index (χ3v) is 3.96. The van der Waals surface area contributed by atoms with Crippen molar-refractivity contribution in [3.05, 3.63) is 71.3 Å². The smallest absolute Gasteiger partial charge is 0.134 e. The van der Waals surface area contributed by atoms with Gasteiger partial charge in [-0.2, -0.15) is 0 Å². The summed E-state index contributed by atoms with van der Waals surface area (Å²) in [4.78, 5) is 11.7. The van der Waals surface area contributed by atoms with Gasteiger partial charge >= 0.3 is 0 Å². The zero-order valence-electron chi connectivity index (χ0n) is 12.7. The maximum atomic E-state index is 11.7. The standard InChI is InChI=1S/C19H22O/c1-18(2,3)15-10-12-17(13-11-15)19(4,14-20)16-8-6-5-7-9-16/h5-14H,1-4H3. The van der Waals surface area contributed by atoms with Crippen molar-refractivity contribution < 1.29 is 4.79 Å². The van der Waals surface area contributed by atoms with Crippen LogP contribution in [0.2, 0.25) is 0 Å². The van der Waals surface area contributed by atoms with Crippen molar-refractivity contribution in [1.82, 2.24) is 0 Å². The average Bonchev–Trinajstić information content (AvgIpc) is 2.46. The van der Waals surface area contributed by atoms with Gasteiger partial charge in [0.25, 0.3) is 0 Å². The van der Waals surface area contributed by atoms with Crippen molar-refractivity contribution in [2.24, 2.45) is 0 Å². The molecule has 0 amide bonds. The number of hydrogen-bond donors (Lipinski definition) is 0. The highest BCUT2D eigenvalue weighted by Gasteiger charge is 2.28. The molecule has 2 aromatic carbocycles. The number of benzene rings is 2. The van der Waals surface area contributed by atoms with Crippen molar-refractivity contribution in [2.45, 2.75) is 38.5 Å². The van der Waals surface area contributed by atoms with E-state index in [-0.39, 0.29) is 5.41 Å². The van der Waals surface area contributed by atoms with E-state index in [0.29, 0.717) is 0 Å². The molecule has 0 aliphatic carbocycles. The van der Waals surface area contributed by atoms with E-state index < -0.39 is 5.41 Å². The molecule has 0 aliphatic rings. The van der Waals surface area contributed by atoms with E-state index in [1.807, 2.05) is 37.3 Å². The summed E-state index contributed by atoms with van der Waals surface area (Å²) >= 11 is 0. The molecule has 2 rings (SSSR count). The summed E-state index contributed by atoms with van der Waals surface area (Å²) in [6.07, 6.45) is 1.04. The first-order valence-electron chi connectivity index (χ1n) is 7.01. The summed E-state index contributed by atoms with van der Waals surface area (Å²) in [6, 6.07) is 18.3. The van der Waals surface area contributed by atoms with Crippen molar-refractivity contribution in [3.63, 3.8) is 0 Å². The van der Waals surface area contributed by atoms with Crippen LogP contribution in [0, 0.1) is 0 Å². The molecule has 1 heteroatoms. The predicted molar refractivity (Wildman–Crippen MR) is 84.1 cm³/mol. The summed E-state index contributed by atoms with van der Waals surface area (Å²) in [7, 11) is 0. The highest BCUT2D eigenvalue weighted by Crippen LogP contribution is 2.31. The molecular formula is C19H22O. The molecule has 1 nitrogen and oxygen atoms in total. The van der Waals surface area contributed by atoms with Crippen LogP contribution in [-0.2, 0) is 15.6 Å². The lowest BCUT2D eigenvalue weighted by atomic mass is 9.76. The Morgan fingerprint density at radius 1 is 0.700 bits per heavy atom. The molecule has 0 fully saturated rings. The molecule has 0 saturated carbocycles. The molecule has 0 aromatic heterocycles. The lowest BCUT2D eigenvalue weighted by Gasteiger charge is -2.26. The van der Waals surface area contributed by atoms with E-state index in [1.165, 1.54) is 5.56 Å². The molecular weight excluding hydrogens is 244 g/mol. The van der Waals surface area contributed by atoms with Crippen LogP contribution in [0.1, 0.15) is 44.4 Å². The van der Waals surface area contributed by atoms with Crippen molar-refractivity contribution >= 4 is 6.29 Å². The Balaban J connectivity index is 2.45. The molecule has 104 valence electrons. The zero-order valence-corrected chi connectivity index (χ0v) is 12.7. The Bertz CT molecular complexity index is 575. The first-order valence-corrected chi connectivity index (χ1v) is 7.01. The molecule has 1 atom stereocenters. The second-order valence-electron chi connectivity index (χ2n) is 6.51. The van der Waals surface area contributed by atoms with Gasteiger partial charge in [0, 0.05) is 0 Å². The van der Waals surface area contributed by atoms with E-state index in [4.69, 9.17) is 0 Å². The number of carbonyl (C=O) groups is 1. The van der Waals surface area contributed by atoms with Crippen LogP contribution < -0.4 is 0 Å². The van der Waals surface area contributed by atoms with Crippen LogP contribution in [0.15, 0.2) is 54.6 Å². The van der Waals surface area contributed by atoms with E-state index in [1.54, 1.807) is 0 Å². The first kappa shape index (κ1) is 14.5. The fraction of sp³-hybridized carbons (Fsp3) is 0.316. The van der Waals surface area contributed by atoms with Crippen LogP contribution in [0.5, 0.6) is 0 Å². The largest absolute Gasteiger partial charge is 0.302 e. The second-order valence-corrected chi connectivity index (χ2v) is 6.51. The summed E-state index contributed by atoms with van der Waals surface area (Å²) in [5.74, 6) is 0. The van der Waals surface area contributed by atoms with Crippen LogP contribution >= 0.6 is 0 Å². The summed E-state index contributed by atoms with van der Waals surface area (Å²) in [5, 5.41) is 0. The van der Waals surface area contributed by atoms with Crippen LogP contribution in [-0.4, -0.2) is 6.29 Å². The minimum Gasteiger partial charge on any atom is -0.302 e. The number of hydrogen-bond acceptors (Lipinski definition) is 1. The van der Waals surface area contributed by atoms with Gasteiger partial charge in [-0.1, -0.05) is 75.4 Å². The van der Waals surface area contributed by atoms with Crippen molar-refractivity contribution in [2.75, 3.05) is 0 Å². The van der Waals surface area contributed by atoms with Gasteiger partial charge in [-0.3, -0.25) is 0 Å². The molecule has 20 heavy (non-hydrogen) atoms. The van der Waals surface area contributed by atoms with Crippen LogP contribution in [0.3, 0.4) is 0 Å². The maximum absolute atomic E-state index is 11.7. The number of aldehydes is 1. The Labute approximate surface area is 121 Å². The first-order chi connectivity index (χ1) is 9.38. The van der Waals surface area contributed by atoms with Gasteiger partial charge in [0.15, 0.2) is 0 Å². The third kappa shape index (κ3) is 2.67. The molecule has 1 unspecified atom stereocenters. The summed E-state index contributed by atoms with van der Waals surface area (Å²) < 4.78 is 0. The topological polar surface area (TPSA) is 17.1 Å². The summed E-state index contributed by atoms with van der Waals surface area (Å²) in [5.41, 5.74) is 2.88. The van der Waals surface area contributed by atoms with Gasteiger partial charge in [-0.05, 0) is 29.0 Å². The molecule has 0 aliphatic heterocycles. The highest BCUT2D eigenvalue weighted by atomic mass is 16.1. The number of carbonyl (C=O) groups excluding carboxylic acids is 1. The highest BCUT2D eigenvalue weighted by molar-refractivity contribution is 5.74. The van der Waals surface area contributed by atoms with Crippen LogP contribution in [0.25, 0.3) is 0 Å². The van der Waals surface area contributed by atoms with Crippen molar-refractivity contribution in [1.29, 1.82) is 0 Å². The van der Waals surface area contributed by atoms with Crippen LogP contribution in [0.4, 0.5) is 0 Å². The Hall–Kier alpha value is -1.89. The van der Waals surface area contributed by atoms with Gasteiger partial charge in [0.05, 0.1) is 5.41 Å². The molecule has 2 aromatic rings. The molecule has 0 spiro atoms. The normalized spacial score (nSPS) is 14.6. The Morgan fingerprint density at radius 3 is 1.60 bits per heavy atom.